The smallest absolute Gasteiger partial charge is 0.157 e. The van der Waals surface area contributed by atoms with Crippen molar-refractivity contribution in [3.8, 4) is 11.5 Å². The SMILES string of the molecule is COc1ccc(CN(Cc2ccc(OC)cc2)c2nccnc2/C(C)=N/[S@@](=O)C(C)(C)C)cc1. The van der Waals surface area contributed by atoms with E-state index < -0.39 is 15.7 Å². The van der Waals surface area contributed by atoms with Crippen LogP contribution in [-0.2, 0) is 24.1 Å². The Bertz CT molecular complexity index is 1090. The molecule has 34 heavy (non-hydrogen) atoms. The molecule has 1 aromatic heterocycles. The van der Waals surface area contributed by atoms with Crippen molar-refractivity contribution in [3.63, 3.8) is 0 Å². The Balaban J connectivity index is 2.01. The number of hydrogen-bond acceptors (Lipinski definition) is 6. The van der Waals surface area contributed by atoms with Crippen molar-refractivity contribution in [1.29, 1.82) is 0 Å². The van der Waals surface area contributed by atoms with Gasteiger partial charge in [0.1, 0.15) is 28.2 Å². The Morgan fingerprint density at radius 2 is 1.35 bits per heavy atom. The van der Waals surface area contributed by atoms with Crippen molar-refractivity contribution in [2.75, 3.05) is 19.1 Å². The third kappa shape index (κ3) is 6.63. The van der Waals surface area contributed by atoms with Gasteiger partial charge in [0.2, 0.25) is 0 Å². The maximum atomic E-state index is 12.7. The third-order valence-corrected chi connectivity index (χ3v) is 6.62. The Morgan fingerprint density at radius 1 is 0.882 bits per heavy atom. The number of nitrogens with zero attached hydrogens (tertiary/aromatic N) is 4. The molecule has 0 saturated carbocycles. The largest absolute Gasteiger partial charge is 0.497 e. The molecule has 180 valence electrons. The molecule has 7 nitrogen and oxygen atoms in total. The summed E-state index contributed by atoms with van der Waals surface area (Å²) in [5, 5.41) is 0. The molecule has 0 N–H and O–H groups in total. The zero-order valence-electron chi connectivity index (χ0n) is 20.6. The van der Waals surface area contributed by atoms with Crippen LogP contribution in [0.15, 0.2) is 65.3 Å². The van der Waals surface area contributed by atoms with Gasteiger partial charge in [0.15, 0.2) is 5.82 Å². The van der Waals surface area contributed by atoms with E-state index in [1.54, 1.807) is 26.6 Å². The molecular weight excluding hydrogens is 448 g/mol. The van der Waals surface area contributed by atoms with Gasteiger partial charge in [0.25, 0.3) is 0 Å². The molecule has 2 aromatic carbocycles. The van der Waals surface area contributed by atoms with Gasteiger partial charge >= 0.3 is 0 Å². The molecule has 0 aliphatic carbocycles. The summed E-state index contributed by atoms with van der Waals surface area (Å²) < 4.78 is 27.3. The van der Waals surface area contributed by atoms with Gasteiger partial charge in [-0.25, -0.2) is 14.2 Å². The molecular formula is C26H32N4O3S. The molecule has 3 aromatic rings. The molecule has 8 heteroatoms. The van der Waals surface area contributed by atoms with Crippen molar-refractivity contribution in [2.24, 2.45) is 4.40 Å². The third-order valence-electron chi connectivity index (χ3n) is 5.13. The average Bonchev–Trinajstić information content (AvgIpc) is 2.84. The minimum Gasteiger partial charge on any atom is -0.497 e. The van der Waals surface area contributed by atoms with Crippen LogP contribution in [0.25, 0.3) is 0 Å². The molecule has 1 atom stereocenters. The van der Waals surface area contributed by atoms with Crippen LogP contribution in [0.1, 0.15) is 44.5 Å². The summed E-state index contributed by atoms with van der Waals surface area (Å²) in [6, 6.07) is 15.9. The molecule has 0 fully saturated rings. The number of rotatable bonds is 9. The molecule has 0 bridgehead atoms. The van der Waals surface area contributed by atoms with Crippen LogP contribution in [0.3, 0.4) is 0 Å². The van der Waals surface area contributed by atoms with Crippen LogP contribution in [0.5, 0.6) is 11.5 Å². The number of benzene rings is 2. The minimum atomic E-state index is -1.40. The summed E-state index contributed by atoms with van der Waals surface area (Å²) >= 11 is 0. The zero-order valence-corrected chi connectivity index (χ0v) is 21.4. The molecule has 0 saturated heterocycles. The first-order chi connectivity index (χ1) is 16.2. The molecule has 0 aliphatic rings. The van der Waals surface area contributed by atoms with E-state index in [9.17, 15) is 4.21 Å². The fraction of sp³-hybridized carbons (Fsp3) is 0.346. The van der Waals surface area contributed by atoms with Gasteiger partial charge in [-0.15, -0.1) is 0 Å². The maximum absolute atomic E-state index is 12.7. The lowest BCUT2D eigenvalue weighted by molar-refractivity contribution is 0.414. The second-order valence-electron chi connectivity index (χ2n) is 8.82. The van der Waals surface area contributed by atoms with Gasteiger partial charge < -0.3 is 14.4 Å². The predicted octanol–water partition coefficient (Wildman–Crippen LogP) is 4.97. The maximum Gasteiger partial charge on any atom is 0.157 e. The predicted molar refractivity (Wildman–Crippen MR) is 138 cm³/mol. The van der Waals surface area contributed by atoms with E-state index in [2.05, 4.69) is 19.3 Å². The summed E-state index contributed by atoms with van der Waals surface area (Å²) in [5.74, 6) is 2.29. The number of aromatic nitrogens is 2. The van der Waals surface area contributed by atoms with E-state index in [0.717, 1.165) is 22.6 Å². The minimum absolute atomic E-state index is 0.463. The zero-order chi connectivity index (χ0) is 24.7. The quantitative estimate of drug-likeness (QED) is 0.403. The van der Waals surface area contributed by atoms with Crippen LogP contribution in [0.2, 0.25) is 0 Å². The van der Waals surface area contributed by atoms with Crippen molar-refractivity contribution in [3.05, 3.63) is 77.7 Å². The molecule has 0 spiro atoms. The van der Waals surface area contributed by atoms with Gasteiger partial charge in [-0.05, 0) is 63.1 Å². The summed E-state index contributed by atoms with van der Waals surface area (Å²) in [6.45, 7) is 8.72. The number of ether oxygens (including phenoxy) is 2. The number of methoxy groups -OCH3 is 2. The Hall–Kier alpha value is -3.26. The highest BCUT2D eigenvalue weighted by Gasteiger charge is 2.22. The highest BCUT2D eigenvalue weighted by molar-refractivity contribution is 7.85. The second-order valence-corrected chi connectivity index (χ2v) is 10.7. The first-order valence-electron chi connectivity index (χ1n) is 11.0. The van der Waals surface area contributed by atoms with E-state index in [1.165, 1.54) is 0 Å². The Morgan fingerprint density at radius 3 is 1.79 bits per heavy atom. The average molecular weight is 481 g/mol. The van der Waals surface area contributed by atoms with Crippen LogP contribution in [-0.4, -0.2) is 38.9 Å². The first-order valence-corrected chi connectivity index (χ1v) is 12.1. The normalized spacial score (nSPS) is 12.8. The van der Waals surface area contributed by atoms with E-state index in [0.29, 0.717) is 30.3 Å². The first kappa shape index (κ1) is 25.4. The summed E-state index contributed by atoms with van der Waals surface area (Å²) in [5.41, 5.74) is 3.39. The molecule has 0 radical (unpaired) electrons. The second kappa shape index (κ2) is 11.2. The lowest BCUT2D eigenvalue weighted by Gasteiger charge is -2.26. The molecule has 1 heterocycles. The van der Waals surface area contributed by atoms with Gasteiger partial charge in [-0.3, -0.25) is 0 Å². The highest BCUT2D eigenvalue weighted by Crippen LogP contribution is 2.24. The lowest BCUT2D eigenvalue weighted by atomic mass is 10.1. The monoisotopic (exact) mass is 480 g/mol. The number of hydrogen-bond donors (Lipinski definition) is 0. The van der Waals surface area contributed by atoms with Crippen molar-refractivity contribution in [1.82, 2.24) is 9.97 Å². The Labute approximate surface area is 204 Å². The van der Waals surface area contributed by atoms with Crippen LogP contribution in [0, 0.1) is 0 Å². The van der Waals surface area contributed by atoms with E-state index in [4.69, 9.17) is 9.47 Å². The van der Waals surface area contributed by atoms with Gasteiger partial charge in [-0.1, -0.05) is 24.3 Å². The molecule has 0 aliphatic heterocycles. The fourth-order valence-electron chi connectivity index (χ4n) is 3.23. The van der Waals surface area contributed by atoms with E-state index in [1.807, 2.05) is 76.2 Å². The van der Waals surface area contributed by atoms with Crippen LogP contribution < -0.4 is 14.4 Å². The van der Waals surface area contributed by atoms with Crippen molar-refractivity contribution < 1.29 is 13.7 Å². The van der Waals surface area contributed by atoms with Gasteiger partial charge in [0, 0.05) is 25.5 Å². The molecule has 0 unspecified atom stereocenters. The lowest BCUT2D eigenvalue weighted by Crippen LogP contribution is -2.26. The van der Waals surface area contributed by atoms with Gasteiger partial charge in [0.05, 0.1) is 24.7 Å². The van der Waals surface area contributed by atoms with Crippen LogP contribution >= 0.6 is 0 Å². The number of anilines is 1. The van der Waals surface area contributed by atoms with Crippen molar-refractivity contribution in [2.45, 2.75) is 45.5 Å². The van der Waals surface area contributed by atoms with Crippen LogP contribution in [0.4, 0.5) is 5.82 Å². The van der Waals surface area contributed by atoms with Gasteiger partial charge in [-0.2, -0.15) is 4.40 Å². The van der Waals surface area contributed by atoms with E-state index >= 15 is 0 Å². The standard InChI is InChI=1S/C26H32N4O3S/c1-19(29-34(31)26(2,3)4)24-25(28-16-15-27-24)30(17-20-7-11-22(32-5)12-8-20)18-21-9-13-23(33-6)14-10-21/h7-16H,17-18H2,1-6H3/b29-19+/t34-/m0/s1. The Kier molecular flexibility index (Phi) is 8.39. The fourth-order valence-corrected chi connectivity index (χ4v) is 3.84. The van der Waals surface area contributed by atoms with Crippen molar-refractivity contribution >= 4 is 22.5 Å². The highest BCUT2D eigenvalue weighted by atomic mass is 32.2. The van der Waals surface area contributed by atoms with E-state index in [-0.39, 0.29) is 0 Å². The topological polar surface area (TPSA) is 76.9 Å². The molecule has 0 amide bonds. The summed E-state index contributed by atoms with van der Waals surface area (Å²) in [6.07, 6.45) is 3.30. The molecule has 3 rings (SSSR count). The summed E-state index contributed by atoms with van der Waals surface area (Å²) in [7, 11) is 1.91. The summed E-state index contributed by atoms with van der Waals surface area (Å²) in [4.78, 5) is 11.4.